The normalized spacial score (nSPS) is 31.2. The average Bonchev–Trinajstić information content (AvgIpc) is 3.80. The second-order valence-electron chi connectivity index (χ2n) is 11.5. The molecule has 0 saturated heterocycles. The minimum absolute atomic E-state index is 0.227. The molecule has 0 aliphatic heterocycles. The van der Waals surface area contributed by atoms with Crippen molar-refractivity contribution in [3.8, 4) is 11.8 Å². The summed E-state index contributed by atoms with van der Waals surface area (Å²) in [6.45, 7) is 2.17. The Balaban J connectivity index is 1.30. The summed E-state index contributed by atoms with van der Waals surface area (Å²) < 4.78 is 2.71. The number of fused-ring (bicyclic) bond motifs is 2. The second kappa shape index (κ2) is 9.38. The van der Waals surface area contributed by atoms with Gasteiger partial charge in [-0.05, 0) is 49.4 Å². The van der Waals surface area contributed by atoms with E-state index in [0.29, 0.717) is 35.1 Å². The SMILES string of the molecule is CNC(=O)C12CC1[C@@H](n1cnc3c(NC4(C)C[C@H]4c4ccccc4)nc(C#Cc4cccc(Br)c4)nc31)[C@H](O)[C@@H]2O. The van der Waals surface area contributed by atoms with Gasteiger partial charge in [-0.25, -0.2) is 15.0 Å². The molecule has 4 N–H and O–H groups in total. The molecular weight excluding hydrogens is 584 g/mol. The summed E-state index contributed by atoms with van der Waals surface area (Å²) in [7, 11) is 1.55. The average molecular weight is 614 g/mol. The summed E-state index contributed by atoms with van der Waals surface area (Å²) in [5.74, 6) is 6.94. The summed E-state index contributed by atoms with van der Waals surface area (Å²) in [4.78, 5) is 27.0. The van der Waals surface area contributed by atoms with E-state index in [1.807, 2.05) is 42.5 Å². The van der Waals surface area contributed by atoms with Crippen molar-refractivity contribution >= 4 is 38.8 Å². The molecule has 7 rings (SSSR count). The molecule has 208 valence electrons. The van der Waals surface area contributed by atoms with Crippen LogP contribution in [0.4, 0.5) is 5.82 Å². The molecule has 2 aromatic heterocycles. The Labute approximate surface area is 245 Å². The molecule has 41 heavy (non-hydrogen) atoms. The molecule has 7 atom stereocenters. The van der Waals surface area contributed by atoms with Crippen LogP contribution in [-0.2, 0) is 4.79 Å². The number of aromatic nitrogens is 4. The molecule has 10 heteroatoms. The van der Waals surface area contributed by atoms with Crippen LogP contribution in [-0.4, -0.2) is 60.4 Å². The highest BCUT2D eigenvalue weighted by Crippen LogP contribution is 2.67. The van der Waals surface area contributed by atoms with Crippen molar-refractivity contribution in [3.05, 3.63) is 82.3 Å². The molecule has 0 spiro atoms. The van der Waals surface area contributed by atoms with Crippen molar-refractivity contribution in [2.45, 2.75) is 49.5 Å². The van der Waals surface area contributed by atoms with Crippen LogP contribution in [0, 0.1) is 23.2 Å². The number of carbonyl (C=O) groups excluding carboxylic acids is 1. The van der Waals surface area contributed by atoms with E-state index in [4.69, 9.17) is 9.97 Å². The maximum absolute atomic E-state index is 12.7. The number of hydrogen-bond donors (Lipinski definition) is 4. The van der Waals surface area contributed by atoms with Gasteiger partial charge < -0.3 is 25.4 Å². The first kappa shape index (κ1) is 26.1. The van der Waals surface area contributed by atoms with Crippen LogP contribution in [0.2, 0.25) is 0 Å². The molecule has 0 radical (unpaired) electrons. The number of anilines is 1. The molecule has 3 aliphatic rings. The molecule has 2 heterocycles. The molecule has 9 nitrogen and oxygen atoms in total. The fourth-order valence-electron chi connectivity index (χ4n) is 6.70. The lowest BCUT2D eigenvalue weighted by Crippen LogP contribution is -2.41. The van der Waals surface area contributed by atoms with Crippen LogP contribution < -0.4 is 10.6 Å². The quantitative estimate of drug-likeness (QED) is 0.255. The minimum Gasteiger partial charge on any atom is -0.389 e. The highest BCUT2D eigenvalue weighted by molar-refractivity contribution is 9.10. The molecule has 3 unspecified atom stereocenters. The van der Waals surface area contributed by atoms with Crippen molar-refractivity contribution < 1.29 is 15.0 Å². The third-order valence-corrected chi connectivity index (χ3v) is 9.54. The predicted molar refractivity (Wildman–Crippen MR) is 157 cm³/mol. The Hall–Kier alpha value is -3.78. The minimum atomic E-state index is -1.18. The Morgan fingerprint density at radius 3 is 2.66 bits per heavy atom. The van der Waals surface area contributed by atoms with Gasteiger partial charge in [0.2, 0.25) is 11.7 Å². The molecule has 2 aromatic carbocycles. The largest absolute Gasteiger partial charge is 0.389 e. The van der Waals surface area contributed by atoms with Gasteiger partial charge in [0, 0.05) is 34.5 Å². The van der Waals surface area contributed by atoms with E-state index < -0.39 is 23.7 Å². The molecule has 3 aliphatic carbocycles. The smallest absolute Gasteiger partial charge is 0.229 e. The van der Waals surface area contributed by atoms with Crippen molar-refractivity contribution in [2.75, 3.05) is 12.4 Å². The number of halogens is 1. The lowest BCUT2D eigenvalue weighted by atomic mass is 9.98. The maximum atomic E-state index is 12.7. The summed E-state index contributed by atoms with van der Waals surface area (Å²) in [6, 6.07) is 17.5. The Bertz CT molecular complexity index is 1750. The van der Waals surface area contributed by atoms with Crippen molar-refractivity contribution in [3.63, 3.8) is 0 Å². The number of nitrogens with zero attached hydrogens (tertiary/aromatic N) is 4. The summed E-state index contributed by atoms with van der Waals surface area (Å²) in [6.07, 6.45) is 0.722. The third-order valence-electron chi connectivity index (χ3n) is 9.05. The molecule has 4 aromatic rings. The van der Waals surface area contributed by atoms with Crippen LogP contribution in [0.25, 0.3) is 11.2 Å². The monoisotopic (exact) mass is 612 g/mol. The van der Waals surface area contributed by atoms with E-state index in [-0.39, 0.29) is 17.4 Å². The predicted octanol–water partition coefficient (Wildman–Crippen LogP) is 3.38. The van der Waals surface area contributed by atoms with Gasteiger partial charge >= 0.3 is 0 Å². The van der Waals surface area contributed by atoms with E-state index in [1.54, 1.807) is 17.9 Å². The highest BCUT2D eigenvalue weighted by atomic mass is 79.9. The van der Waals surface area contributed by atoms with Crippen LogP contribution in [0.15, 0.2) is 65.4 Å². The van der Waals surface area contributed by atoms with Crippen LogP contribution >= 0.6 is 15.9 Å². The van der Waals surface area contributed by atoms with Gasteiger partial charge in [0.05, 0.1) is 23.9 Å². The van der Waals surface area contributed by atoms with Crippen LogP contribution in [0.1, 0.15) is 48.7 Å². The summed E-state index contributed by atoms with van der Waals surface area (Å²) in [5, 5.41) is 28.3. The van der Waals surface area contributed by atoms with Gasteiger partial charge in [0.25, 0.3) is 0 Å². The van der Waals surface area contributed by atoms with Crippen molar-refractivity contribution in [2.24, 2.45) is 11.3 Å². The third kappa shape index (κ3) is 4.14. The first-order valence-corrected chi connectivity index (χ1v) is 14.5. The van der Waals surface area contributed by atoms with E-state index in [1.165, 1.54) is 5.56 Å². The number of rotatable bonds is 5. The first-order valence-electron chi connectivity index (χ1n) is 13.7. The lowest BCUT2D eigenvalue weighted by molar-refractivity contribution is -0.132. The van der Waals surface area contributed by atoms with E-state index >= 15 is 0 Å². The van der Waals surface area contributed by atoms with Gasteiger partial charge in [-0.2, -0.15) is 0 Å². The number of amides is 1. The lowest BCUT2D eigenvalue weighted by Gasteiger charge is -2.23. The Morgan fingerprint density at radius 2 is 1.90 bits per heavy atom. The molecular formula is C31H29BrN6O3. The highest BCUT2D eigenvalue weighted by Gasteiger charge is 2.75. The Morgan fingerprint density at radius 1 is 1.10 bits per heavy atom. The number of hydrogen-bond acceptors (Lipinski definition) is 7. The number of aliphatic hydroxyl groups is 2. The topological polar surface area (TPSA) is 125 Å². The van der Waals surface area contributed by atoms with Gasteiger partial charge in [-0.3, -0.25) is 4.79 Å². The zero-order chi connectivity index (χ0) is 28.5. The van der Waals surface area contributed by atoms with Gasteiger partial charge in [-0.15, -0.1) is 0 Å². The zero-order valence-corrected chi connectivity index (χ0v) is 24.1. The number of aliphatic hydroxyl groups excluding tert-OH is 2. The van der Waals surface area contributed by atoms with Crippen LogP contribution in [0.5, 0.6) is 0 Å². The number of carbonyl (C=O) groups is 1. The van der Waals surface area contributed by atoms with E-state index in [0.717, 1.165) is 16.5 Å². The maximum Gasteiger partial charge on any atom is 0.229 e. The van der Waals surface area contributed by atoms with E-state index in [2.05, 4.69) is 62.4 Å². The Kier molecular flexibility index (Phi) is 5.98. The number of imidazole rings is 1. The van der Waals surface area contributed by atoms with Crippen molar-refractivity contribution in [1.29, 1.82) is 0 Å². The fourth-order valence-corrected chi connectivity index (χ4v) is 7.10. The van der Waals surface area contributed by atoms with Gasteiger partial charge in [0.15, 0.2) is 17.0 Å². The molecule has 3 fully saturated rings. The zero-order valence-electron chi connectivity index (χ0n) is 22.5. The van der Waals surface area contributed by atoms with Gasteiger partial charge in [-0.1, -0.05) is 58.2 Å². The standard InChI is InChI=1S/C31H29BrN6O3/c1-30(14-20(30)18-8-4-3-5-9-18)37-27-23-28(36-22(35-27)12-11-17-7-6-10-19(32)13-17)38(16-34-23)24-21-15-31(21,29(41)33-2)26(40)25(24)39/h3-10,13,16,20-21,24-26,39-40H,14-15H2,1-2H3,(H,33,41)(H,35,36,37)/t20-,21?,24+,25-,26-,30?,31?/m0/s1. The number of benzene rings is 2. The molecule has 1 amide bonds. The van der Waals surface area contributed by atoms with Crippen LogP contribution in [0.3, 0.4) is 0 Å². The van der Waals surface area contributed by atoms with Gasteiger partial charge in [0.1, 0.15) is 6.10 Å². The first-order chi connectivity index (χ1) is 19.7. The second-order valence-corrected chi connectivity index (χ2v) is 12.5. The van der Waals surface area contributed by atoms with Crippen molar-refractivity contribution in [1.82, 2.24) is 24.8 Å². The number of nitrogens with one attached hydrogen (secondary N) is 2. The summed E-state index contributed by atoms with van der Waals surface area (Å²) >= 11 is 3.49. The molecule has 0 bridgehead atoms. The molecule has 3 saturated carbocycles. The fraction of sp³-hybridized carbons (Fsp3) is 0.355. The summed E-state index contributed by atoms with van der Waals surface area (Å²) in [5.41, 5.74) is 1.89. The van der Waals surface area contributed by atoms with E-state index in [9.17, 15) is 15.0 Å².